The highest BCUT2D eigenvalue weighted by Gasteiger charge is 1.95. The minimum absolute atomic E-state index is 0.548. The maximum absolute atomic E-state index is 5.48. The Kier molecular flexibility index (Phi) is 8.77. The van der Waals surface area contributed by atoms with Gasteiger partial charge in [0.1, 0.15) is 12.4 Å². The molecule has 0 saturated heterocycles. The summed E-state index contributed by atoms with van der Waals surface area (Å²) in [7, 11) is 0. The number of ether oxygens (including phenoxy) is 2. The van der Waals surface area contributed by atoms with Crippen molar-refractivity contribution in [2.24, 2.45) is 0 Å². The van der Waals surface area contributed by atoms with Gasteiger partial charge in [0.2, 0.25) is 0 Å². The Morgan fingerprint density at radius 2 is 2.00 bits per heavy atom. The normalized spacial score (nSPS) is 10.4. The van der Waals surface area contributed by atoms with E-state index in [1.54, 1.807) is 6.08 Å². The molecule has 0 aliphatic rings. The van der Waals surface area contributed by atoms with E-state index in [2.05, 4.69) is 31.0 Å². The lowest BCUT2D eigenvalue weighted by Crippen LogP contribution is -2.19. The largest absolute Gasteiger partial charge is 0.490 e. The molecule has 0 heterocycles. The highest BCUT2D eigenvalue weighted by atomic mass is 16.5. The molecule has 106 valence electrons. The zero-order valence-corrected chi connectivity index (χ0v) is 11.9. The summed E-state index contributed by atoms with van der Waals surface area (Å²) in [5.41, 5.74) is 1.25. The van der Waals surface area contributed by atoms with Crippen LogP contribution in [0.25, 0.3) is 0 Å². The molecular weight excluding hydrogens is 238 g/mol. The third-order valence-electron chi connectivity index (χ3n) is 2.69. The summed E-state index contributed by atoms with van der Waals surface area (Å²) in [5.74, 6) is 0.881. The van der Waals surface area contributed by atoms with Crippen molar-refractivity contribution in [2.75, 3.05) is 26.4 Å². The van der Waals surface area contributed by atoms with Gasteiger partial charge in [0.25, 0.3) is 0 Å². The molecule has 0 saturated carbocycles. The van der Waals surface area contributed by atoms with Gasteiger partial charge in [0.15, 0.2) is 0 Å². The van der Waals surface area contributed by atoms with Crippen LogP contribution < -0.4 is 10.1 Å². The first-order valence-corrected chi connectivity index (χ1v) is 6.98. The average molecular weight is 263 g/mol. The highest BCUT2D eigenvalue weighted by molar-refractivity contribution is 5.27. The van der Waals surface area contributed by atoms with Gasteiger partial charge in [-0.1, -0.05) is 38.1 Å². The van der Waals surface area contributed by atoms with Crippen LogP contribution >= 0.6 is 0 Å². The monoisotopic (exact) mass is 263 g/mol. The lowest BCUT2D eigenvalue weighted by atomic mass is 10.2. The minimum atomic E-state index is 0.548. The van der Waals surface area contributed by atoms with E-state index in [-0.39, 0.29) is 0 Å². The standard InChI is InChI=1S/C16H25NO2/c1-3-5-12-18-13-10-17-14-15-6-8-16(9-7-15)19-11-4-2/h4,6-9,17H,2-3,5,10-14H2,1H3. The third-order valence-corrected chi connectivity index (χ3v) is 2.69. The van der Waals surface area contributed by atoms with Gasteiger partial charge in [0.05, 0.1) is 6.61 Å². The van der Waals surface area contributed by atoms with Crippen LogP contribution in [0.2, 0.25) is 0 Å². The quantitative estimate of drug-likeness (QED) is 0.491. The molecule has 3 nitrogen and oxygen atoms in total. The van der Waals surface area contributed by atoms with E-state index in [9.17, 15) is 0 Å². The zero-order chi connectivity index (χ0) is 13.8. The van der Waals surface area contributed by atoms with Gasteiger partial charge in [-0.25, -0.2) is 0 Å². The van der Waals surface area contributed by atoms with Gasteiger partial charge in [-0.3, -0.25) is 0 Å². The maximum Gasteiger partial charge on any atom is 0.119 e. The Morgan fingerprint density at radius 3 is 2.68 bits per heavy atom. The summed E-state index contributed by atoms with van der Waals surface area (Å²) < 4.78 is 10.9. The SMILES string of the molecule is C=CCOc1ccc(CNCCOCCCC)cc1. The number of rotatable bonds is 11. The second-order valence-corrected chi connectivity index (χ2v) is 4.39. The van der Waals surface area contributed by atoms with Crippen molar-refractivity contribution in [3.05, 3.63) is 42.5 Å². The molecule has 0 radical (unpaired) electrons. The van der Waals surface area contributed by atoms with Crippen LogP contribution in [-0.4, -0.2) is 26.4 Å². The van der Waals surface area contributed by atoms with Crippen molar-refractivity contribution < 1.29 is 9.47 Å². The Bertz CT molecular complexity index is 335. The minimum Gasteiger partial charge on any atom is -0.490 e. The fraction of sp³-hybridized carbons (Fsp3) is 0.500. The zero-order valence-electron chi connectivity index (χ0n) is 11.9. The lowest BCUT2D eigenvalue weighted by molar-refractivity contribution is 0.133. The number of hydrogen-bond acceptors (Lipinski definition) is 3. The summed E-state index contributed by atoms with van der Waals surface area (Å²) in [6.45, 7) is 9.74. The molecule has 0 aromatic heterocycles. The fourth-order valence-electron chi connectivity index (χ4n) is 1.58. The van der Waals surface area contributed by atoms with Crippen LogP contribution in [0, 0.1) is 0 Å². The van der Waals surface area contributed by atoms with Gasteiger partial charge < -0.3 is 14.8 Å². The van der Waals surface area contributed by atoms with E-state index in [0.29, 0.717) is 6.61 Å². The predicted molar refractivity (Wildman–Crippen MR) is 79.6 cm³/mol. The second-order valence-electron chi connectivity index (χ2n) is 4.39. The van der Waals surface area contributed by atoms with Crippen molar-refractivity contribution >= 4 is 0 Å². The predicted octanol–water partition coefficient (Wildman–Crippen LogP) is 3.16. The van der Waals surface area contributed by atoms with Crippen LogP contribution in [0.4, 0.5) is 0 Å². The van der Waals surface area contributed by atoms with E-state index in [1.807, 2.05) is 12.1 Å². The first kappa shape index (κ1) is 15.7. The Morgan fingerprint density at radius 1 is 1.21 bits per heavy atom. The van der Waals surface area contributed by atoms with E-state index < -0.39 is 0 Å². The molecule has 1 N–H and O–H groups in total. The number of unbranched alkanes of at least 4 members (excludes halogenated alkanes) is 1. The molecule has 0 bridgehead atoms. The molecule has 0 fully saturated rings. The Hall–Kier alpha value is -1.32. The first-order chi connectivity index (χ1) is 9.36. The first-order valence-electron chi connectivity index (χ1n) is 6.98. The molecule has 0 atom stereocenters. The molecule has 19 heavy (non-hydrogen) atoms. The molecule has 0 spiro atoms. The summed E-state index contributed by atoms with van der Waals surface area (Å²) >= 11 is 0. The van der Waals surface area contributed by atoms with Gasteiger partial charge in [-0.15, -0.1) is 0 Å². The Balaban J connectivity index is 2.10. The Labute approximate surface area is 116 Å². The second kappa shape index (κ2) is 10.6. The number of hydrogen-bond donors (Lipinski definition) is 1. The van der Waals surface area contributed by atoms with Gasteiger partial charge in [-0.05, 0) is 24.1 Å². The van der Waals surface area contributed by atoms with Crippen molar-refractivity contribution in [2.45, 2.75) is 26.3 Å². The van der Waals surface area contributed by atoms with Crippen LogP contribution in [0.1, 0.15) is 25.3 Å². The number of benzene rings is 1. The van der Waals surface area contributed by atoms with Gasteiger partial charge in [0, 0.05) is 19.7 Å². The van der Waals surface area contributed by atoms with Crippen LogP contribution in [0.5, 0.6) is 5.75 Å². The van der Waals surface area contributed by atoms with Crippen LogP contribution in [0.3, 0.4) is 0 Å². The van der Waals surface area contributed by atoms with Crippen molar-refractivity contribution in [3.8, 4) is 5.75 Å². The summed E-state index contributed by atoms with van der Waals surface area (Å²) in [6.07, 6.45) is 4.08. The smallest absolute Gasteiger partial charge is 0.119 e. The molecule has 1 rings (SSSR count). The van der Waals surface area contributed by atoms with Gasteiger partial charge in [-0.2, -0.15) is 0 Å². The van der Waals surface area contributed by atoms with Crippen molar-refractivity contribution in [1.29, 1.82) is 0 Å². The summed E-state index contributed by atoms with van der Waals surface area (Å²) in [5, 5.41) is 3.36. The average Bonchev–Trinajstić information content (AvgIpc) is 2.45. The van der Waals surface area contributed by atoms with Crippen LogP contribution in [0.15, 0.2) is 36.9 Å². The maximum atomic E-state index is 5.48. The molecular formula is C16H25NO2. The van der Waals surface area contributed by atoms with Crippen molar-refractivity contribution in [1.82, 2.24) is 5.32 Å². The fourth-order valence-corrected chi connectivity index (χ4v) is 1.58. The number of nitrogens with one attached hydrogen (secondary N) is 1. The highest BCUT2D eigenvalue weighted by Crippen LogP contribution is 2.11. The lowest BCUT2D eigenvalue weighted by Gasteiger charge is -2.07. The van der Waals surface area contributed by atoms with Gasteiger partial charge >= 0.3 is 0 Å². The molecule has 0 amide bonds. The van der Waals surface area contributed by atoms with E-state index in [0.717, 1.165) is 38.5 Å². The van der Waals surface area contributed by atoms with Crippen molar-refractivity contribution in [3.63, 3.8) is 0 Å². The summed E-state index contributed by atoms with van der Waals surface area (Å²) in [6, 6.07) is 8.11. The van der Waals surface area contributed by atoms with E-state index >= 15 is 0 Å². The summed E-state index contributed by atoms with van der Waals surface area (Å²) in [4.78, 5) is 0. The van der Waals surface area contributed by atoms with E-state index in [4.69, 9.17) is 9.47 Å². The topological polar surface area (TPSA) is 30.5 Å². The van der Waals surface area contributed by atoms with E-state index in [1.165, 1.54) is 12.0 Å². The molecule has 0 unspecified atom stereocenters. The molecule has 3 heteroatoms. The molecule has 0 aliphatic heterocycles. The molecule has 1 aromatic carbocycles. The van der Waals surface area contributed by atoms with Crippen LogP contribution in [-0.2, 0) is 11.3 Å². The third kappa shape index (κ3) is 7.65. The molecule has 0 aliphatic carbocycles. The molecule has 1 aromatic rings.